The normalized spacial score (nSPS) is 14.5. The third kappa shape index (κ3) is 2.55. The van der Waals surface area contributed by atoms with E-state index in [-0.39, 0.29) is 10.6 Å². The van der Waals surface area contributed by atoms with Gasteiger partial charge in [-0.1, -0.05) is 13.0 Å². The van der Waals surface area contributed by atoms with Gasteiger partial charge in [-0.25, -0.2) is 0 Å². The van der Waals surface area contributed by atoms with E-state index in [0.717, 1.165) is 5.56 Å². The summed E-state index contributed by atoms with van der Waals surface area (Å²) in [6, 6.07) is 5.31. The van der Waals surface area contributed by atoms with Gasteiger partial charge in [-0.3, -0.25) is 10.1 Å². The summed E-state index contributed by atoms with van der Waals surface area (Å²) in [5, 5.41) is 10.7. The standard InChI is InChI=1S/C12H13NO4/c1-2-10(13(14)15)7-9-3-4-11-12(8-9)17-6-5-16-11/h3-4,7-8H,2,5-6H2,1H3/b10-7+. The molecular formula is C12H13NO4. The van der Waals surface area contributed by atoms with Crippen molar-refractivity contribution >= 4 is 6.08 Å². The average Bonchev–Trinajstić information content (AvgIpc) is 2.35. The average molecular weight is 235 g/mol. The number of hydrogen-bond acceptors (Lipinski definition) is 4. The third-order valence-corrected chi connectivity index (χ3v) is 2.50. The van der Waals surface area contributed by atoms with Crippen LogP contribution in [0.4, 0.5) is 0 Å². The molecular weight excluding hydrogens is 222 g/mol. The van der Waals surface area contributed by atoms with E-state index in [9.17, 15) is 10.1 Å². The summed E-state index contributed by atoms with van der Waals surface area (Å²) in [4.78, 5) is 10.3. The van der Waals surface area contributed by atoms with Crippen LogP contribution in [0.15, 0.2) is 23.9 Å². The van der Waals surface area contributed by atoms with Crippen molar-refractivity contribution in [2.24, 2.45) is 0 Å². The smallest absolute Gasteiger partial charge is 0.246 e. The number of rotatable bonds is 3. The Morgan fingerprint density at radius 2 is 2.12 bits per heavy atom. The van der Waals surface area contributed by atoms with Gasteiger partial charge in [0.15, 0.2) is 11.5 Å². The van der Waals surface area contributed by atoms with Crippen molar-refractivity contribution in [3.8, 4) is 11.5 Å². The fourth-order valence-electron chi connectivity index (χ4n) is 1.63. The van der Waals surface area contributed by atoms with Gasteiger partial charge < -0.3 is 9.47 Å². The topological polar surface area (TPSA) is 61.6 Å². The lowest BCUT2D eigenvalue weighted by Crippen LogP contribution is -2.15. The molecule has 1 aromatic rings. The summed E-state index contributed by atoms with van der Waals surface area (Å²) in [7, 11) is 0. The van der Waals surface area contributed by atoms with Crippen LogP contribution < -0.4 is 9.47 Å². The molecule has 0 aliphatic carbocycles. The molecule has 0 aromatic heterocycles. The summed E-state index contributed by atoms with van der Waals surface area (Å²) in [5.41, 5.74) is 0.935. The SMILES string of the molecule is CC/C(=C\c1ccc2c(c1)OCCO2)[N+](=O)[O-]. The molecule has 1 aliphatic rings. The highest BCUT2D eigenvalue weighted by Crippen LogP contribution is 2.31. The molecule has 0 N–H and O–H groups in total. The molecule has 0 saturated heterocycles. The molecule has 0 amide bonds. The molecule has 90 valence electrons. The van der Waals surface area contributed by atoms with Crippen LogP contribution in [0, 0.1) is 10.1 Å². The molecule has 5 nitrogen and oxygen atoms in total. The van der Waals surface area contributed by atoms with Gasteiger partial charge in [-0.2, -0.15) is 0 Å². The van der Waals surface area contributed by atoms with Crippen molar-refractivity contribution in [3.63, 3.8) is 0 Å². The Labute approximate surface area is 98.8 Å². The van der Waals surface area contributed by atoms with Crippen molar-refractivity contribution in [1.29, 1.82) is 0 Å². The molecule has 0 unspecified atom stereocenters. The minimum Gasteiger partial charge on any atom is -0.486 e. The van der Waals surface area contributed by atoms with Gasteiger partial charge in [0, 0.05) is 12.5 Å². The Kier molecular flexibility index (Phi) is 3.27. The maximum atomic E-state index is 10.7. The molecule has 1 heterocycles. The van der Waals surface area contributed by atoms with Gasteiger partial charge in [0.25, 0.3) is 0 Å². The largest absolute Gasteiger partial charge is 0.486 e. The Morgan fingerprint density at radius 3 is 2.76 bits per heavy atom. The summed E-state index contributed by atoms with van der Waals surface area (Å²) in [6.45, 7) is 2.81. The molecule has 0 bridgehead atoms. The molecule has 2 rings (SSSR count). The number of benzene rings is 1. The van der Waals surface area contributed by atoms with Gasteiger partial charge in [0.1, 0.15) is 13.2 Å². The van der Waals surface area contributed by atoms with Gasteiger partial charge in [-0.05, 0) is 17.7 Å². The first kappa shape index (κ1) is 11.4. The Balaban J connectivity index is 2.31. The van der Waals surface area contributed by atoms with E-state index in [2.05, 4.69) is 0 Å². The third-order valence-electron chi connectivity index (χ3n) is 2.50. The number of ether oxygens (including phenoxy) is 2. The number of nitrogens with zero attached hydrogens (tertiary/aromatic N) is 1. The Hall–Kier alpha value is -2.04. The zero-order valence-corrected chi connectivity index (χ0v) is 9.51. The predicted molar refractivity (Wildman–Crippen MR) is 62.7 cm³/mol. The van der Waals surface area contributed by atoms with Crippen LogP contribution in [-0.4, -0.2) is 18.1 Å². The van der Waals surface area contributed by atoms with Crippen LogP contribution in [0.25, 0.3) is 6.08 Å². The second-order valence-electron chi connectivity index (χ2n) is 3.65. The van der Waals surface area contributed by atoms with Gasteiger partial charge in [0.05, 0.1) is 4.92 Å². The monoisotopic (exact) mass is 235 g/mol. The summed E-state index contributed by atoms with van der Waals surface area (Å²) in [6.07, 6.45) is 1.94. The van der Waals surface area contributed by atoms with Crippen LogP contribution in [0.1, 0.15) is 18.9 Å². The zero-order chi connectivity index (χ0) is 12.3. The Morgan fingerprint density at radius 1 is 1.41 bits per heavy atom. The summed E-state index contributed by atoms with van der Waals surface area (Å²) in [5.74, 6) is 1.33. The maximum Gasteiger partial charge on any atom is 0.246 e. The van der Waals surface area contributed by atoms with Crippen molar-refractivity contribution in [2.75, 3.05) is 13.2 Å². The number of hydrogen-bond donors (Lipinski definition) is 0. The molecule has 0 fully saturated rings. The van der Waals surface area contributed by atoms with E-state index in [1.54, 1.807) is 31.2 Å². The minimum absolute atomic E-state index is 0.182. The molecule has 0 spiro atoms. The first-order valence-corrected chi connectivity index (χ1v) is 5.45. The van der Waals surface area contributed by atoms with Gasteiger partial charge >= 0.3 is 0 Å². The number of fused-ring (bicyclic) bond motifs is 1. The van der Waals surface area contributed by atoms with Crippen LogP contribution >= 0.6 is 0 Å². The molecule has 5 heteroatoms. The van der Waals surface area contributed by atoms with Crippen molar-refractivity contribution in [2.45, 2.75) is 13.3 Å². The second kappa shape index (κ2) is 4.86. The first-order chi connectivity index (χ1) is 8.20. The molecule has 0 atom stereocenters. The lowest BCUT2D eigenvalue weighted by atomic mass is 10.1. The molecule has 17 heavy (non-hydrogen) atoms. The summed E-state index contributed by atoms with van der Waals surface area (Å²) >= 11 is 0. The maximum absolute atomic E-state index is 10.7. The number of allylic oxidation sites excluding steroid dienone is 1. The van der Waals surface area contributed by atoms with Gasteiger partial charge in [0.2, 0.25) is 5.70 Å². The van der Waals surface area contributed by atoms with Gasteiger partial charge in [-0.15, -0.1) is 0 Å². The van der Waals surface area contributed by atoms with E-state index in [1.165, 1.54) is 0 Å². The lowest BCUT2D eigenvalue weighted by molar-refractivity contribution is -0.425. The van der Waals surface area contributed by atoms with E-state index in [0.29, 0.717) is 31.1 Å². The first-order valence-electron chi connectivity index (χ1n) is 5.45. The van der Waals surface area contributed by atoms with Crippen molar-refractivity contribution in [1.82, 2.24) is 0 Å². The number of nitro groups is 1. The van der Waals surface area contributed by atoms with Crippen molar-refractivity contribution in [3.05, 3.63) is 39.6 Å². The lowest BCUT2D eigenvalue weighted by Gasteiger charge is -2.18. The van der Waals surface area contributed by atoms with E-state index in [1.807, 2.05) is 0 Å². The second-order valence-corrected chi connectivity index (χ2v) is 3.65. The minimum atomic E-state index is -0.364. The highest BCUT2D eigenvalue weighted by atomic mass is 16.6. The van der Waals surface area contributed by atoms with E-state index in [4.69, 9.17) is 9.47 Å². The molecule has 1 aliphatic heterocycles. The predicted octanol–water partition coefficient (Wildman–Crippen LogP) is 2.49. The van der Waals surface area contributed by atoms with Crippen LogP contribution in [-0.2, 0) is 0 Å². The summed E-state index contributed by atoms with van der Waals surface area (Å²) < 4.78 is 10.8. The molecule has 0 radical (unpaired) electrons. The highest BCUT2D eigenvalue weighted by Gasteiger charge is 2.13. The molecule has 0 saturated carbocycles. The van der Waals surface area contributed by atoms with E-state index >= 15 is 0 Å². The van der Waals surface area contributed by atoms with Crippen LogP contribution in [0.5, 0.6) is 11.5 Å². The fourth-order valence-corrected chi connectivity index (χ4v) is 1.63. The quantitative estimate of drug-likeness (QED) is 0.596. The van der Waals surface area contributed by atoms with Crippen LogP contribution in [0.2, 0.25) is 0 Å². The van der Waals surface area contributed by atoms with Crippen molar-refractivity contribution < 1.29 is 14.4 Å². The molecule has 1 aromatic carbocycles. The zero-order valence-electron chi connectivity index (χ0n) is 9.51. The van der Waals surface area contributed by atoms with Crippen LogP contribution in [0.3, 0.4) is 0 Å². The van der Waals surface area contributed by atoms with E-state index < -0.39 is 0 Å². The highest BCUT2D eigenvalue weighted by molar-refractivity contribution is 5.57. The Bertz CT molecular complexity index is 468. The fraction of sp³-hybridized carbons (Fsp3) is 0.333.